The second-order valence-corrected chi connectivity index (χ2v) is 8.38. The van der Waals surface area contributed by atoms with Crippen LogP contribution in [0, 0.1) is 13.8 Å². The zero-order valence-electron chi connectivity index (χ0n) is 18.1. The maximum Gasteiger partial charge on any atom is 0.289 e. The van der Waals surface area contributed by atoms with Crippen molar-refractivity contribution in [1.29, 1.82) is 0 Å². The largest absolute Gasteiger partial charge is 0.485 e. The number of furan rings is 1. The Labute approximate surface area is 187 Å². The van der Waals surface area contributed by atoms with Crippen molar-refractivity contribution in [2.24, 2.45) is 7.05 Å². The van der Waals surface area contributed by atoms with E-state index in [0.29, 0.717) is 29.6 Å². The summed E-state index contributed by atoms with van der Waals surface area (Å²) < 4.78 is 13.4. The lowest BCUT2D eigenvalue weighted by atomic mass is 10.2. The van der Waals surface area contributed by atoms with Crippen LogP contribution in [0.4, 0.5) is 0 Å². The first kappa shape index (κ1) is 21.5. The third-order valence-corrected chi connectivity index (χ3v) is 5.78. The van der Waals surface area contributed by atoms with Gasteiger partial charge in [0.2, 0.25) is 0 Å². The van der Waals surface area contributed by atoms with Crippen LogP contribution in [0.3, 0.4) is 0 Å². The second-order valence-electron chi connectivity index (χ2n) is 7.95. The van der Waals surface area contributed by atoms with E-state index in [-0.39, 0.29) is 12.5 Å². The van der Waals surface area contributed by atoms with Crippen LogP contribution < -0.4 is 4.74 Å². The van der Waals surface area contributed by atoms with E-state index in [1.807, 2.05) is 42.6 Å². The molecule has 0 atom stereocenters. The lowest BCUT2D eigenvalue weighted by Gasteiger charge is -2.34. The summed E-state index contributed by atoms with van der Waals surface area (Å²) in [5, 5.41) is 5.07. The molecule has 8 heteroatoms. The van der Waals surface area contributed by atoms with Gasteiger partial charge in [-0.05, 0) is 49.7 Å². The number of aromatic nitrogens is 2. The molecule has 1 amide bonds. The molecule has 0 saturated carbocycles. The van der Waals surface area contributed by atoms with E-state index in [1.165, 1.54) is 5.56 Å². The number of hydrogen-bond acceptors (Lipinski definition) is 5. The third-order valence-electron chi connectivity index (χ3n) is 5.55. The minimum absolute atomic E-state index is 0.0777. The number of ether oxygens (including phenoxy) is 1. The minimum Gasteiger partial charge on any atom is -0.485 e. The van der Waals surface area contributed by atoms with E-state index >= 15 is 0 Å². The van der Waals surface area contributed by atoms with Gasteiger partial charge in [0.25, 0.3) is 5.91 Å². The summed E-state index contributed by atoms with van der Waals surface area (Å²) in [6.45, 7) is 8.08. The van der Waals surface area contributed by atoms with Gasteiger partial charge in [-0.25, -0.2) is 0 Å². The molecule has 31 heavy (non-hydrogen) atoms. The molecule has 0 spiro atoms. The molecule has 0 unspecified atom stereocenters. The van der Waals surface area contributed by atoms with Gasteiger partial charge >= 0.3 is 0 Å². The molecular formula is C23H27ClN4O3. The number of amides is 1. The minimum atomic E-state index is -0.0777. The first-order valence-electron chi connectivity index (χ1n) is 10.4. The highest BCUT2D eigenvalue weighted by molar-refractivity contribution is 6.30. The Bertz CT molecular complexity index is 1070. The van der Waals surface area contributed by atoms with E-state index in [0.717, 1.165) is 36.6 Å². The molecule has 3 aromatic rings. The van der Waals surface area contributed by atoms with Crippen LogP contribution in [-0.4, -0.2) is 51.7 Å². The average molecular weight is 443 g/mol. The highest BCUT2D eigenvalue weighted by atomic mass is 35.5. The van der Waals surface area contributed by atoms with Gasteiger partial charge in [-0.2, -0.15) is 5.10 Å². The molecule has 1 aliphatic rings. The van der Waals surface area contributed by atoms with Crippen LogP contribution in [0.1, 0.15) is 33.1 Å². The number of nitrogens with zero attached hydrogens (tertiary/aromatic N) is 4. The SMILES string of the molecule is Cc1cc(Cl)ccc1OCc1ccc(C(=O)N2CCN(Cc3cn(C)nc3C)CC2)o1. The number of halogens is 1. The number of carbonyl (C=O) groups excluding carboxylic acids is 1. The zero-order valence-corrected chi connectivity index (χ0v) is 18.9. The maximum absolute atomic E-state index is 12.8. The fourth-order valence-electron chi connectivity index (χ4n) is 3.80. The van der Waals surface area contributed by atoms with Crippen LogP contribution in [0.2, 0.25) is 5.02 Å². The molecule has 0 aliphatic carbocycles. The summed E-state index contributed by atoms with van der Waals surface area (Å²) in [6.07, 6.45) is 2.06. The van der Waals surface area contributed by atoms with E-state index in [1.54, 1.807) is 18.2 Å². The summed E-state index contributed by atoms with van der Waals surface area (Å²) >= 11 is 5.98. The Kier molecular flexibility index (Phi) is 6.34. The first-order valence-corrected chi connectivity index (χ1v) is 10.8. The highest BCUT2D eigenvalue weighted by Gasteiger charge is 2.25. The number of benzene rings is 1. The first-order chi connectivity index (χ1) is 14.9. The molecule has 2 aromatic heterocycles. The molecule has 1 aromatic carbocycles. The molecule has 164 valence electrons. The van der Waals surface area contributed by atoms with Crippen LogP contribution in [-0.2, 0) is 20.2 Å². The fraction of sp³-hybridized carbons (Fsp3) is 0.391. The van der Waals surface area contributed by atoms with Crippen molar-refractivity contribution in [2.45, 2.75) is 27.0 Å². The Morgan fingerprint density at radius 2 is 1.94 bits per heavy atom. The molecule has 4 rings (SSSR count). The van der Waals surface area contributed by atoms with Crippen molar-refractivity contribution < 1.29 is 13.9 Å². The summed E-state index contributed by atoms with van der Waals surface area (Å²) in [7, 11) is 1.94. The monoisotopic (exact) mass is 442 g/mol. The fourth-order valence-corrected chi connectivity index (χ4v) is 4.03. The predicted octanol–water partition coefficient (Wildman–Crippen LogP) is 3.82. The van der Waals surface area contributed by atoms with Crippen molar-refractivity contribution in [2.75, 3.05) is 26.2 Å². The van der Waals surface area contributed by atoms with Gasteiger partial charge in [0.15, 0.2) is 5.76 Å². The van der Waals surface area contributed by atoms with Gasteiger partial charge in [-0.1, -0.05) is 11.6 Å². The van der Waals surface area contributed by atoms with Crippen molar-refractivity contribution in [3.05, 3.63) is 69.9 Å². The van der Waals surface area contributed by atoms with Crippen molar-refractivity contribution in [3.63, 3.8) is 0 Å². The quantitative estimate of drug-likeness (QED) is 0.580. The Balaban J connectivity index is 1.29. The maximum atomic E-state index is 12.8. The summed E-state index contributed by atoms with van der Waals surface area (Å²) in [4.78, 5) is 17.0. The van der Waals surface area contributed by atoms with Gasteiger partial charge in [0.1, 0.15) is 18.1 Å². The van der Waals surface area contributed by atoms with Gasteiger partial charge < -0.3 is 14.1 Å². The number of piperazine rings is 1. The molecule has 0 N–H and O–H groups in total. The van der Waals surface area contributed by atoms with Crippen LogP contribution in [0.25, 0.3) is 0 Å². The van der Waals surface area contributed by atoms with Gasteiger partial charge in [-0.3, -0.25) is 14.4 Å². The van der Waals surface area contributed by atoms with Crippen molar-refractivity contribution in [3.8, 4) is 5.75 Å². The molecule has 1 aliphatic heterocycles. The summed E-state index contributed by atoms with van der Waals surface area (Å²) in [5.74, 6) is 1.63. The number of aryl methyl sites for hydroxylation is 3. The van der Waals surface area contributed by atoms with E-state index in [9.17, 15) is 4.79 Å². The number of carbonyl (C=O) groups is 1. The number of rotatable bonds is 6. The Morgan fingerprint density at radius 1 is 1.16 bits per heavy atom. The molecule has 0 radical (unpaired) electrons. The topological polar surface area (TPSA) is 63.7 Å². The van der Waals surface area contributed by atoms with E-state index < -0.39 is 0 Å². The van der Waals surface area contributed by atoms with Crippen LogP contribution in [0.5, 0.6) is 5.75 Å². The Hall–Kier alpha value is -2.77. The zero-order chi connectivity index (χ0) is 22.0. The molecular weight excluding hydrogens is 416 g/mol. The number of hydrogen-bond donors (Lipinski definition) is 0. The Morgan fingerprint density at radius 3 is 2.61 bits per heavy atom. The van der Waals surface area contributed by atoms with Gasteiger partial charge in [0.05, 0.1) is 5.69 Å². The average Bonchev–Trinajstić information content (AvgIpc) is 3.33. The normalized spacial score (nSPS) is 14.8. The van der Waals surface area contributed by atoms with Crippen LogP contribution in [0.15, 0.2) is 40.9 Å². The van der Waals surface area contributed by atoms with E-state index in [4.69, 9.17) is 20.8 Å². The molecule has 0 bridgehead atoms. The van der Waals surface area contributed by atoms with Crippen LogP contribution >= 0.6 is 11.6 Å². The molecule has 7 nitrogen and oxygen atoms in total. The van der Waals surface area contributed by atoms with Crippen molar-refractivity contribution in [1.82, 2.24) is 19.6 Å². The molecule has 1 fully saturated rings. The predicted molar refractivity (Wildman–Crippen MR) is 118 cm³/mol. The smallest absolute Gasteiger partial charge is 0.289 e. The summed E-state index contributed by atoms with van der Waals surface area (Å²) in [5.41, 5.74) is 3.24. The van der Waals surface area contributed by atoms with E-state index in [2.05, 4.69) is 16.2 Å². The standard InChI is InChI=1S/C23H27ClN4O3/c1-16-12-19(24)4-6-21(16)30-15-20-5-7-22(31-20)23(29)28-10-8-27(9-11-28)14-18-13-26(3)25-17(18)2/h4-7,12-13H,8-11,14-15H2,1-3H3. The lowest BCUT2D eigenvalue weighted by molar-refractivity contribution is 0.0594. The molecule has 1 saturated heterocycles. The third kappa shape index (κ3) is 5.11. The van der Waals surface area contributed by atoms with Crippen molar-refractivity contribution >= 4 is 17.5 Å². The molecule has 3 heterocycles. The lowest BCUT2D eigenvalue weighted by Crippen LogP contribution is -2.48. The summed E-state index contributed by atoms with van der Waals surface area (Å²) in [6, 6.07) is 8.99. The highest BCUT2D eigenvalue weighted by Crippen LogP contribution is 2.23. The van der Waals surface area contributed by atoms with Gasteiger partial charge in [0, 0.05) is 56.6 Å². The van der Waals surface area contributed by atoms with Gasteiger partial charge in [-0.15, -0.1) is 0 Å². The second kappa shape index (κ2) is 9.16.